The third-order valence-electron chi connectivity index (χ3n) is 5.57. The Labute approximate surface area is 197 Å². The molecule has 0 spiro atoms. The lowest BCUT2D eigenvalue weighted by molar-refractivity contribution is -0.151. The molecule has 0 unspecified atom stereocenters. The van der Waals surface area contributed by atoms with Crippen molar-refractivity contribution in [3.8, 4) is 11.4 Å². The number of ether oxygens (including phenoxy) is 2. The normalized spacial score (nSPS) is 17.5. The first-order chi connectivity index (χ1) is 16.2. The van der Waals surface area contributed by atoms with Crippen LogP contribution in [0.5, 0.6) is 5.75 Å². The molecule has 1 atom stereocenters. The maximum Gasteiger partial charge on any atom is 0.289 e. The highest BCUT2D eigenvalue weighted by atomic mass is 19.1. The minimum Gasteiger partial charge on any atom is -0.494 e. The number of nitrogens with zero attached hydrogens (tertiary/aromatic N) is 4. The summed E-state index contributed by atoms with van der Waals surface area (Å²) in [4.78, 5) is 19.1. The summed E-state index contributed by atoms with van der Waals surface area (Å²) in [6.45, 7) is 5.50. The van der Waals surface area contributed by atoms with Gasteiger partial charge in [-0.15, -0.1) is 0 Å². The smallest absolute Gasteiger partial charge is 0.289 e. The van der Waals surface area contributed by atoms with E-state index in [0.717, 1.165) is 0 Å². The highest BCUT2D eigenvalue weighted by Gasteiger charge is 2.40. The van der Waals surface area contributed by atoms with Gasteiger partial charge in [-0.2, -0.15) is 5.10 Å². The Hall–Kier alpha value is -3.72. The Balaban J connectivity index is 1.68. The van der Waals surface area contributed by atoms with Crippen molar-refractivity contribution < 1.29 is 23.8 Å². The number of rotatable bonds is 6. The molecule has 34 heavy (non-hydrogen) atoms. The van der Waals surface area contributed by atoms with Gasteiger partial charge in [-0.25, -0.2) is 14.1 Å². The Morgan fingerprint density at radius 3 is 2.62 bits per heavy atom. The number of aryl methyl sites for hydroxylation is 1. The van der Waals surface area contributed by atoms with Crippen LogP contribution < -0.4 is 4.74 Å². The van der Waals surface area contributed by atoms with Crippen LogP contribution in [-0.4, -0.2) is 56.5 Å². The molecule has 0 bridgehead atoms. The quantitative estimate of drug-likeness (QED) is 0.560. The predicted octanol–water partition coefficient (Wildman–Crippen LogP) is 3.44. The second-order valence-corrected chi connectivity index (χ2v) is 8.72. The van der Waals surface area contributed by atoms with E-state index in [1.54, 1.807) is 54.2 Å². The molecule has 1 saturated heterocycles. The number of halogens is 1. The Bertz CT molecular complexity index is 1220. The fourth-order valence-electron chi connectivity index (χ4n) is 4.00. The summed E-state index contributed by atoms with van der Waals surface area (Å²) < 4.78 is 26.6. The topological polar surface area (TPSA) is 89.7 Å². The third kappa shape index (κ3) is 4.79. The number of carbonyl (C=O) groups is 1. The van der Waals surface area contributed by atoms with Gasteiger partial charge in [0.05, 0.1) is 26.3 Å². The maximum absolute atomic E-state index is 13.4. The molecule has 1 amide bonds. The summed E-state index contributed by atoms with van der Waals surface area (Å²) in [7, 11) is 1.56. The van der Waals surface area contributed by atoms with E-state index in [1.807, 2.05) is 26.0 Å². The predicted molar refractivity (Wildman–Crippen MR) is 124 cm³/mol. The standard InChI is InChI=1S/C25H27FN4O4/c1-16-27-15-30(28-16)20-10-5-17(11-22(20)33-4)12-23-24(32)29(14-25(2,3)34-23)21(13-31)18-6-8-19(26)9-7-18/h5-12,15,21,31H,13-14H2,1-4H3/t21-/m0/s1. The first-order valence-corrected chi connectivity index (χ1v) is 10.9. The Kier molecular flexibility index (Phi) is 6.39. The van der Waals surface area contributed by atoms with Gasteiger partial charge < -0.3 is 19.5 Å². The number of aliphatic hydroxyl groups excluding tert-OH is 1. The molecule has 3 aromatic rings. The summed E-state index contributed by atoms with van der Waals surface area (Å²) in [5, 5.41) is 14.4. The molecule has 178 valence electrons. The molecule has 1 aliphatic heterocycles. The Morgan fingerprint density at radius 1 is 1.26 bits per heavy atom. The average Bonchev–Trinajstić information content (AvgIpc) is 3.24. The third-order valence-corrected chi connectivity index (χ3v) is 5.57. The fourth-order valence-corrected chi connectivity index (χ4v) is 4.00. The second kappa shape index (κ2) is 9.26. The van der Waals surface area contributed by atoms with E-state index in [-0.39, 0.29) is 30.6 Å². The molecule has 2 heterocycles. The molecule has 4 rings (SSSR count). The van der Waals surface area contributed by atoms with Gasteiger partial charge in [0, 0.05) is 0 Å². The molecule has 1 N–H and O–H groups in total. The van der Waals surface area contributed by atoms with Crippen molar-refractivity contribution in [2.75, 3.05) is 20.3 Å². The minimum absolute atomic E-state index is 0.142. The van der Waals surface area contributed by atoms with Crippen LogP contribution in [0, 0.1) is 12.7 Å². The molecule has 0 radical (unpaired) electrons. The van der Waals surface area contributed by atoms with E-state index in [0.29, 0.717) is 28.4 Å². The van der Waals surface area contributed by atoms with Gasteiger partial charge in [0.1, 0.15) is 35.0 Å². The van der Waals surface area contributed by atoms with E-state index >= 15 is 0 Å². The van der Waals surface area contributed by atoms with E-state index in [1.165, 1.54) is 12.1 Å². The minimum atomic E-state index is -0.699. The van der Waals surface area contributed by atoms with Gasteiger partial charge in [-0.1, -0.05) is 18.2 Å². The zero-order valence-electron chi connectivity index (χ0n) is 19.5. The zero-order chi connectivity index (χ0) is 24.5. The van der Waals surface area contributed by atoms with E-state index in [4.69, 9.17) is 9.47 Å². The van der Waals surface area contributed by atoms with Gasteiger partial charge >= 0.3 is 0 Å². The van der Waals surface area contributed by atoms with Gasteiger partial charge in [-0.05, 0) is 62.2 Å². The van der Waals surface area contributed by atoms with E-state index in [2.05, 4.69) is 10.1 Å². The number of morpholine rings is 1. The largest absolute Gasteiger partial charge is 0.494 e. The molecule has 8 nitrogen and oxygen atoms in total. The highest BCUT2D eigenvalue weighted by Crippen LogP contribution is 2.33. The molecular weight excluding hydrogens is 439 g/mol. The van der Waals surface area contributed by atoms with Crippen LogP contribution in [0.1, 0.15) is 36.8 Å². The van der Waals surface area contributed by atoms with Crippen molar-refractivity contribution in [1.29, 1.82) is 0 Å². The van der Waals surface area contributed by atoms with Crippen molar-refractivity contribution in [3.05, 3.63) is 77.3 Å². The number of methoxy groups -OCH3 is 1. The van der Waals surface area contributed by atoms with Crippen LogP contribution in [0.3, 0.4) is 0 Å². The maximum atomic E-state index is 13.4. The number of benzene rings is 2. The SMILES string of the molecule is COc1cc(C=C2OC(C)(C)CN([C@@H](CO)c3ccc(F)cc3)C2=O)ccc1-n1cnc(C)n1. The lowest BCUT2D eigenvalue weighted by Gasteiger charge is -2.43. The Morgan fingerprint density at radius 2 is 2.00 bits per heavy atom. The van der Waals surface area contributed by atoms with Gasteiger partial charge in [-0.3, -0.25) is 4.79 Å². The molecule has 2 aromatic carbocycles. The number of aliphatic hydroxyl groups is 1. The van der Waals surface area contributed by atoms with E-state index < -0.39 is 11.6 Å². The number of carbonyl (C=O) groups excluding carboxylic acids is 1. The van der Waals surface area contributed by atoms with Crippen LogP contribution in [0.2, 0.25) is 0 Å². The summed E-state index contributed by atoms with van der Waals surface area (Å²) in [5.41, 5.74) is 1.35. The van der Waals surface area contributed by atoms with Crippen molar-refractivity contribution in [2.24, 2.45) is 0 Å². The second-order valence-electron chi connectivity index (χ2n) is 8.72. The summed E-state index contributed by atoms with van der Waals surface area (Å²) >= 11 is 0. The molecule has 0 aliphatic carbocycles. The summed E-state index contributed by atoms with van der Waals surface area (Å²) in [5.74, 6) is 0.587. The van der Waals surface area contributed by atoms with Gasteiger partial charge in [0.25, 0.3) is 5.91 Å². The average molecular weight is 467 g/mol. The van der Waals surface area contributed by atoms with Crippen LogP contribution in [-0.2, 0) is 9.53 Å². The highest BCUT2D eigenvalue weighted by molar-refractivity contribution is 5.97. The molecule has 9 heteroatoms. The van der Waals surface area contributed by atoms with Crippen molar-refractivity contribution >= 4 is 12.0 Å². The van der Waals surface area contributed by atoms with Gasteiger partial charge in [0.2, 0.25) is 0 Å². The van der Waals surface area contributed by atoms with Crippen molar-refractivity contribution in [1.82, 2.24) is 19.7 Å². The van der Waals surface area contributed by atoms with Crippen LogP contribution in [0.15, 0.2) is 54.6 Å². The number of amides is 1. The molecular formula is C25H27FN4O4. The molecule has 1 aliphatic rings. The van der Waals surface area contributed by atoms with Gasteiger partial charge in [0.15, 0.2) is 5.76 Å². The molecule has 1 aromatic heterocycles. The van der Waals surface area contributed by atoms with Crippen LogP contribution >= 0.6 is 0 Å². The lowest BCUT2D eigenvalue weighted by atomic mass is 9.99. The fraction of sp³-hybridized carbons (Fsp3) is 0.320. The van der Waals surface area contributed by atoms with Crippen molar-refractivity contribution in [3.63, 3.8) is 0 Å². The molecule has 0 saturated carbocycles. The number of aromatic nitrogens is 3. The number of hydrogen-bond donors (Lipinski definition) is 1. The first-order valence-electron chi connectivity index (χ1n) is 10.9. The molecule has 1 fully saturated rings. The summed E-state index contributed by atoms with van der Waals surface area (Å²) in [6.07, 6.45) is 3.25. The summed E-state index contributed by atoms with van der Waals surface area (Å²) in [6, 6.07) is 10.6. The monoisotopic (exact) mass is 466 g/mol. The zero-order valence-corrected chi connectivity index (χ0v) is 19.5. The van der Waals surface area contributed by atoms with E-state index in [9.17, 15) is 14.3 Å². The number of hydrogen-bond acceptors (Lipinski definition) is 6. The van der Waals surface area contributed by atoms with Crippen LogP contribution in [0.25, 0.3) is 11.8 Å². The first kappa shape index (κ1) is 23.4. The van der Waals surface area contributed by atoms with Crippen LogP contribution in [0.4, 0.5) is 4.39 Å². The van der Waals surface area contributed by atoms with Crippen molar-refractivity contribution in [2.45, 2.75) is 32.4 Å². The lowest BCUT2D eigenvalue weighted by Crippen LogP contribution is -2.52.